The topological polar surface area (TPSA) is 87.7 Å². The molecule has 0 bridgehead atoms. The summed E-state index contributed by atoms with van der Waals surface area (Å²) in [5.74, 6) is -0.293. The Balaban J connectivity index is 1.44. The van der Waals surface area contributed by atoms with Crippen molar-refractivity contribution in [2.24, 2.45) is 0 Å². The highest BCUT2D eigenvalue weighted by Crippen LogP contribution is 2.24. The van der Waals surface area contributed by atoms with Crippen molar-refractivity contribution in [2.45, 2.75) is 31.9 Å². The zero-order valence-electron chi connectivity index (χ0n) is 18.8. The zero-order valence-corrected chi connectivity index (χ0v) is 18.8. The Bertz CT molecular complexity index is 1130. The van der Waals surface area contributed by atoms with E-state index in [-0.39, 0.29) is 18.4 Å². The van der Waals surface area contributed by atoms with E-state index in [4.69, 9.17) is 4.74 Å². The molecule has 1 fully saturated rings. The molecule has 3 aromatic rings. The third-order valence-electron chi connectivity index (χ3n) is 5.60. The molecule has 1 saturated heterocycles. The maximum atomic E-state index is 13.2. The van der Waals surface area contributed by atoms with Crippen LogP contribution in [0.5, 0.6) is 0 Å². The second-order valence-corrected chi connectivity index (χ2v) is 8.14. The summed E-state index contributed by atoms with van der Waals surface area (Å²) in [6, 6.07) is 25.1. The SMILES string of the molecule is O=C(N[C@@H](Cc1ccccc1)C(=O)Nc1cccc(N2CCCC2=O)c1)OCc1ccccc1. The molecule has 174 valence electrons. The first-order chi connectivity index (χ1) is 16.6. The van der Waals surface area contributed by atoms with E-state index in [0.29, 0.717) is 25.1 Å². The fraction of sp³-hybridized carbons (Fsp3) is 0.222. The van der Waals surface area contributed by atoms with Crippen LogP contribution in [0.4, 0.5) is 16.2 Å². The number of nitrogens with zero attached hydrogens (tertiary/aromatic N) is 1. The quantitative estimate of drug-likeness (QED) is 0.528. The van der Waals surface area contributed by atoms with E-state index in [9.17, 15) is 14.4 Å². The van der Waals surface area contributed by atoms with Crippen molar-refractivity contribution in [3.8, 4) is 0 Å². The summed E-state index contributed by atoms with van der Waals surface area (Å²) < 4.78 is 5.32. The number of ether oxygens (including phenoxy) is 1. The molecule has 0 unspecified atom stereocenters. The summed E-state index contributed by atoms with van der Waals surface area (Å²) in [5, 5.41) is 5.57. The molecular weight excluding hydrogens is 430 g/mol. The molecule has 2 N–H and O–H groups in total. The van der Waals surface area contributed by atoms with Crippen LogP contribution in [0.2, 0.25) is 0 Å². The maximum absolute atomic E-state index is 13.2. The van der Waals surface area contributed by atoms with Crippen molar-refractivity contribution < 1.29 is 19.1 Å². The van der Waals surface area contributed by atoms with Gasteiger partial charge >= 0.3 is 6.09 Å². The lowest BCUT2D eigenvalue weighted by molar-refractivity contribution is -0.118. The molecule has 0 aromatic heterocycles. The number of hydrogen-bond acceptors (Lipinski definition) is 4. The molecule has 1 atom stereocenters. The average Bonchev–Trinajstić information content (AvgIpc) is 3.29. The predicted molar refractivity (Wildman–Crippen MR) is 130 cm³/mol. The smallest absolute Gasteiger partial charge is 0.408 e. The summed E-state index contributed by atoms with van der Waals surface area (Å²) in [6.45, 7) is 0.778. The normalized spacial score (nSPS) is 13.9. The molecule has 0 aliphatic carbocycles. The Labute approximate surface area is 198 Å². The molecule has 0 spiro atoms. The largest absolute Gasteiger partial charge is 0.445 e. The number of amides is 3. The third kappa shape index (κ3) is 6.22. The van der Waals surface area contributed by atoms with Crippen molar-refractivity contribution >= 4 is 29.3 Å². The van der Waals surface area contributed by atoms with Gasteiger partial charge in [-0.05, 0) is 35.7 Å². The van der Waals surface area contributed by atoms with Gasteiger partial charge < -0.3 is 20.3 Å². The highest BCUT2D eigenvalue weighted by Gasteiger charge is 2.24. The van der Waals surface area contributed by atoms with Gasteiger partial charge in [0.05, 0.1) is 0 Å². The van der Waals surface area contributed by atoms with Gasteiger partial charge in [-0.15, -0.1) is 0 Å². The van der Waals surface area contributed by atoms with Gasteiger partial charge in [-0.3, -0.25) is 9.59 Å². The van der Waals surface area contributed by atoms with Crippen LogP contribution in [0.25, 0.3) is 0 Å². The number of benzene rings is 3. The first-order valence-corrected chi connectivity index (χ1v) is 11.3. The molecule has 3 amide bonds. The Morgan fingerprint density at radius 2 is 1.62 bits per heavy atom. The van der Waals surface area contributed by atoms with E-state index >= 15 is 0 Å². The molecule has 3 aromatic carbocycles. The molecule has 7 nitrogen and oxygen atoms in total. The van der Waals surface area contributed by atoms with Gasteiger partial charge in [-0.25, -0.2) is 4.79 Å². The number of alkyl carbamates (subject to hydrolysis) is 1. The van der Waals surface area contributed by atoms with Crippen molar-refractivity contribution in [2.75, 3.05) is 16.8 Å². The lowest BCUT2D eigenvalue weighted by Crippen LogP contribution is -2.45. The van der Waals surface area contributed by atoms with Gasteiger partial charge in [0.1, 0.15) is 12.6 Å². The van der Waals surface area contributed by atoms with Crippen LogP contribution in [0.15, 0.2) is 84.9 Å². The van der Waals surface area contributed by atoms with E-state index in [2.05, 4.69) is 10.6 Å². The number of anilines is 2. The predicted octanol–water partition coefficient (Wildman–Crippen LogP) is 4.29. The molecule has 1 aliphatic rings. The number of rotatable bonds is 8. The summed E-state index contributed by atoms with van der Waals surface area (Å²) in [4.78, 5) is 39.4. The summed E-state index contributed by atoms with van der Waals surface area (Å²) in [6.07, 6.45) is 0.988. The number of carbonyl (C=O) groups excluding carboxylic acids is 3. The Kier molecular flexibility index (Phi) is 7.55. The molecule has 1 heterocycles. The highest BCUT2D eigenvalue weighted by atomic mass is 16.5. The van der Waals surface area contributed by atoms with E-state index in [1.807, 2.05) is 66.7 Å². The molecule has 34 heavy (non-hydrogen) atoms. The minimum absolute atomic E-state index is 0.0771. The first kappa shape index (κ1) is 23.0. The lowest BCUT2D eigenvalue weighted by atomic mass is 10.1. The maximum Gasteiger partial charge on any atom is 0.408 e. The third-order valence-corrected chi connectivity index (χ3v) is 5.60. The molecule has 0 saturated carbocycles. The molecule has 7 heteroatoms. The van der Waals surface area contributed by atoms with Gasteiger partial charge in [-0.2, -0.15) is 0 Å². The summed E-state index contributed by atoms with van der Waals surface area (Å²) in [7, 11) is 0. The summed E-state index contributed by atoms with van der Waals surface area (Å²) in [5.41, 5.74) is 3.06. The standard InChI is InChI=1S/C27H27N3O4/c31-25-15-8-16-30(25)23-14-7-13-22(18-23)28-26(32)24(17-20-9-3-1-4-10-20)29-27(33)34-19-21-11-5-2-6-12-21/h1-7,9-14,18,24H,8,15-17,19H2,(H,28,32)(H,29,33)/t24-/m0/s1. The molecule has 4 rings (SSSR count). The van der Waals surface area contributed by atoms with Crippen LogP contribution in [0.3, 0.4) is 0 Å². The minimum Gasteiger partial charge on any atom is -0.445 e. The Hall–Kier alpha value is -4.13. The lowest BCUT2D eigenvalue weighted by Gasteiger charge is -2.20. The van der Waals surface area contributed by atoms with Gasteiger partial charge in [0.25, 0.3) is 0 Å². The van der Waals surface area contributed by atoms with Gasteiger partial charge in [0.2, 0.25) is 11.8 Å². The van der Waals surface area contributed by atoms with Crippen molar-refractivity contribution in [1.82, 2.24) is 5.32 Å². The molecule has 1 aliphatic heterocycles. The fourth-order valence-corrected chi connectivity index (χ4v) is 3.87. The van der Waals surface area contributed by atoms with E-state index in [1.54, 1.807) is 23.1 Å². The van der Waals surface area contributed by atoms with Crippen LogP contribution in [-0.2, 0) is 27.4 Å². The van der Waals surface area contributed by atoms with E-state index < -0.39 is 12.1 Å². The number of nitrogens with one attached hydrogen (secondary N) is 2. The van der Waals surface area contributed by atoms with Crippen LogP contribution in [0.1, 0.15) is 24.0 Å². The van der Waals surface area contributed by atoms with Crippen molar-refractivity contribution in [3.05, 3.63) is 96.1 Å². The van der Waals surface area contributed by atoms with Crippen LogP contribution < -0.4 is 15.5 Å². The zero-order chi connectivity index (χ0) is 23.8. The monoisotopic (exact) mass is 457 g/mol. The van der Waals surface area contributed by atoms with Gasteiger partial charge in [0, 0.05) is 30.8 Å². The van der Waals surface area contributed by atoms with Crippen molar-refractivity contribution in [3.63, 3.8) is 0 Å². The molecule has 0 radical (unpaired) electrons. The van der Waals surface area contributed by atoms with Crippen LogP contribution in [0, 0.1) is 0 Å². The fourth-order valence-electron chi connectivity index (χ4n) is 3.87. The van der Waals surface area contributed by atoms with Crippen LogP contribution >= 0.6 is 0 Å². The second-order valence-electron chi connectivity index (χ2n) is 8.14. The Morgan fingerprint density at radius 3 is 2.29 bits per heavy atom. The van der Waals surface area contributed by atoms with Crippen molar-refractivity contribution in [1.29, 1.82) is 0 Å². The number of hydrogen-bond donors (Lipinski definition) is 2. The summed E-state index contributed by atoms with van der Waals surface area (Å²) >= 11 is 0. The number of carbonyl (C=O) groups is 3. The minimum atomic E-state index is -0.845. The Morgan fingerprint density at radius 1 is 0.912 bits per heavy atom. The van der Waals surface area contributed by atoms with E-state index in [1.165, 1.54) is 0 Å². The van der Waals surface area contributed by atoms with Gasteiger partial charge in [-0.1, -0.05) is 66.7 Å². The molecular formula is C27H27N3O4. The average molecular weight is 458 g/mol. The van der Waals surface area contributed by atoms with E-state index in [0.717, 1.165) is 23.2 Å². The van der Waals surface area contributed by atoms with Crippen LogP contribution in [-0.4, -0.2) is 30.5 Å². The first-order valence-electron chi connectivity index (χ1n) is 11.3. The van der Waals surface area contributed by atoms with Gasteiger partial charge in [0.15, 0.2) is 0 Å². The highest BCUT2D eigenvalue weighted by molar-refractivity contribution is 5.99. The second kappa shape index (κ2) is 11.1.